The van der Waals surface area contributed by atoms with Crippen LogP contribution in [0.25, 0.3) is 0 Å². The molecule has 0 amide bonds. The molecule has 4 nitrogen and oxygen atoms in total. The molecule has 0 aromatic heterocycles. The van der Waals surface area contributed by atoms with Crippen molar-refractivity contribution in [2.45, 2.75) is 36.6 Å². The van der Waals surface area contributed by atoms with Crippen molar-refractivity contribution in [1.82, 2.24) is 0 Å². The predicted octanol–water partition coefficient (Wildman–Crippen LogP) is 5.02. The number of carbonyl (C=O) groups is 1. The number of para-hydroxylation sites is 1. The van der Waals surface area contributed by atoms with E-state index in [2.05, 4.69) is 0 Å². The van der Waals surface area contributed by atoms with Gasteiger partial charge in [-0.2, -0.15) is 0 Å². The Hall–Kier alpha value is -3.18. The zero-order valence-electron chi connectivity index (χ0n) is 17.4. The number of fused-ring (bicyclic) bond motifs is 3. The van der Waals surface area contributed by atoms with Gasteiger partial charge >= 0.3 is 0 Å². The molecule has 2 atom stereocenters. The van der Waals surface area contributed by atoms with Gasteiger partial charge in [0.05, 0.1) is 10.6 Å². The van der Waals surface area contributed by atoms with Crippen molar-refractivity contribution in [2.75, 3.05) is 4.31 Å². The van der Waals surface area contributed by atoms with Crippen LogP contribution in [0.2, 0.25) is 0 Å². The first-order valence-corrected chi connectivity index (χ1v) is 11.8. The highest BCUT2D eigenvalue weighted by Crippen LogP contribution is 2.58. The van der Waals surface area contributed by atoms with E-state index in [1.807, 2.05) is 74.5 Å². The number of nitrogens with zero attached hydrogens (tertiary/aromatic N) is 1. The van der Waals surface area contributed by atoms with Gasteiger partial charge in [0, 0.05) is 12.3 Å². The summed E-state index contributed by atoms with van der Waals surface area (Å²) in [5, 5.41) is 0. The van der Waals surface area contributed by atoms with Crippen LogP contribution in [0, 0.1) is 13.8 Å². The van der Waals surface area contributed by atoms with Gasteiger partial charge in [-0.15, -0.1) is 0 Å². The Bertz CT molecular complexity index is 1310. The monoisotopic (exact) mass is 429 g/mol. The van der Waals surface area contributed by atoms with Crippen molar-refractivity contribution in [3.8, 4) is 0 Å². The molecule has 0 radical (unpaired) electrons. The Morgan fingerprint density at radius 3 is 2.16 bits per heavy atom. The fourth-order valence-corrected chi connectivity index (χ4v) is 6.67. The SMILES string of the molecule is Cc1ccc([C@]23C=CC(=O)C[C@H]2c2ccccc2N3S(=O)(=O)c2ccc(C)cc2)cc1. The maximum absolute atomic E-state index is 14.1. The Kier molecular flexibility index (Phi) is 4.41. The van der Waals surface area contributed by atoms with Crippen molar-refractivity contribution in [1.29, 1.82) is 0 Å². The highest BCUT2D eigenvalue weighted by Gasteiger charge is 2.57. The summed E-state index contributed by atoms with van der Waals surface area (Å²) < 4.78 is 29.7. The van der Waals surface area contributed by atoms with Gasteiger partial charge in [0.25, 0.3) is 10.0 Å². The third kappa shape index (κ3) is 2.87. The van der Waals surface area contributed by atoms with Crippen LogP contribution in [0.4, 0.5) is 5.69 Å². The number of carbonyl (C=O) groups excluding carboxylic acids is 1. The number of benzene rings is 3. The van der Waals surface area contributed by atoms with Gasteiger partial charge in [0.15, 0.2) is 5.78 Å². The molecule has 0 spiro atoms. The second-order valence-electron chi connectivity index (χ2n) is 8.39. The van der Waals surface area contributed by atoms with E-state index in [1.165, 1.54) is 4.31 Å². The molecular formula is C26H23NO3S. The van der Waals surface area contributed by atoms with Gasteiger partial charge < -0.3 is 0 Å². The summed E-state index contributed by atoms with van der Waals surface area (Å²) in [5.74, 6) is -0.277. The van der Waals surface area contributed by atoms with E-state index in [-0.39, 0.29) is 23.0 Å². The van der Waals surface area contributed by atoms with Gasteiger partial charge in [-0.25, -0.2) is 8.42 Å². The summed E-state index contributed by atoms with van der Waals surface area (Å²) >= 11 is 0. The van der Waals surface area contributed by atoms with Crippen molar-refractivity contribution in [3.05, 3.63) is 107 Å². The van der Waals surface area contributed by atoms with Crippen LogP contribution in [-0.2, 0) is 20.4 Å². The predicted molar refractivity (Wildman–Crippen MR) is 122 cm³/mol. The fraction of sp³-hybridized carbons (Fsp3) is 0.192. The largest absolute Gasteiger partial charge is 0.295 e. The minimum Gasteiger partial charge on any atom is -0.295 e. The molecular weight excluding hydrogens is 406 g/mol. The van der Waals surface area contributed by atoms with Gasteiger partial charge in [-0.05, 0) is 55.3 Å². The molecule has 5 heteroatoms. The molecule has 0 saturated carbocycles. The van der Waals surface area contributed by atoms with Crippen LogP contribution >= 0.6 is 0 Å². The van der Waals surface area contributed by atoms with Crippen molar-refractivity contribution >= 4 is 21.5 Å². The average molecular weight is 430 g/mol. The molecule has 3 aromatic carbocycles. The Morgan fingerprint density at radius 2 is 1.48 bits per heavy atom. The zero-order chi connectivity index (χ0) is 21.8. The molecule has 1 aliphatic heterocycles. The molecule has 156 valence electrons. The molecule has 0 N–H and O–H groups in total. The maximum Gasteiger partial charge on any atom is 0.265 e. The molecule has 1 aliphatic carbocycles. The van der Waals surface area contributed by atoms with Gasteiger partial charge in [0.1, 0.15) is 5.54 Å². The van der Waals surface area contributed by atoms with Crippen LogP contribution in [0.1, 0.15) is 34.6 Å². The van der Waals surface area contributed by atoms with Gasteiger partial charge in [-0.1, -0.05) is 65.7 Å². The fourth-order valence-electron chi connectivity index (χ4n) is 4.86. The van der Waals surface area contributed by atoms with Crippen LogP contribution in [0.3, 0.4) is 0 Å². The van der Waals surface area contributed by atoms with Gasteiger partial charge in [0.2, 0.25) is 0 Å². The van der Waals surface area contributed by atoms with E-state index in [9.17, 15) is 13.2 Å². The first-order chi connectivity index (χ1) is 14.8. The molecule has 0 fully saturated rings. The number of rotatable bonds is 3. The normalized spacial score (nSPS) is 22.3. The summed E-state index contributed by atoms with van der Waals surface area (Å²) in [6.45, 7) is 3.93. The molecule has 3 aromatic rings. The number of anilines is 1. The quantitative estimate of drug-likeness (QED) is 0.587. The summed E-state index contributed by atoms with van der Waals surface area (Å²) in [7, 11) is -3.90. The number of allylic oxidation sites excluding steroid dienone is 1. The van der Waals surface area contributed by atoms with E-state index in [4.69, 9.17) is 0 Å². The number of sulfonamides is 1. The third-order valence-electron chi connectivity index (χ3n) is 6.40. The lowest BCUT2D eigenvalue weighted by atomic mass is 9.72. The van der Waals surface area contributed by atoms with Crippen molar-refractivity contribution in [2.24, 2.45) is 0 Å². The van der Waals surface area contributed by atoms with Crippen molar-refractivity contribution < 1.29 is 13.2 Å². The smallest absolute Gasteiger partial charge is 0.265 e. The lowest BCUT2D eigenvalue weighted by Crippen LogP contribution is -2.49. The Balaban J connectivity index is 1.83. The standard InChI is InChI=1S/C26H23NO3S/c1-18-7-11-20(12-8-18)26-16-15-21(28)17-24(26)23-5-3-4-6-25(23)27(26)31(29,30)22-13-9-19(2)10-14-22/h3-16,24H,17H2,1-2H3/t24-,26+/m0/s1. The number of hydrogen-bond acceptors (Lipinski definition) is 3. The minimum atomic E-state index is -3.90. The van der Waals surface area contributed by atoms with Crippen LogP contribution < -0.4 is 4.31 Å². The molecule has 5 rings (SSSR count). The highest BCUT2D eigenvalue weighted by molar-refractivity contribution is 7.93. The minimum absolute atomic E-state index is 0.0112. The summed E-state index contributed by atoms with van der Waals surface area (Å²) in [5.41, 5.74) is 3.48. The molecule has 31 heavy (non-hydrogen) atoms. The summed E-state index contributed by atoms with van der Waals surface area (Å²) in [6, 6.07) is 22.4. The van der Waals surface area contributed by atoms with Gasteiger partial charge in [-0.3, -0.25) is 9.10 Å². The number of hydrogen-bond donors (Lipinski definition) is 0. The topological polar surface area (TPSA) is 54.5 Å². The average Bonchev–Trinajstić information content (AvgIpc) is 3.06. The second kappa shape index (κ2) is 6.92. The molecule has 1 heterocycles. The zero-order valence-corrected chi connectivity index (χ0v) is 18.3. The number of ketones is 1. The lowest BCUT2D eigenvalue weighted by Gasteiger charge is -2.42. The van der Waals surface area contributed by atoms with E-state index in [0.29, 0.717) is 5.69 Å². The summed E-state index contributed by atoms with van der Waals surface area (Å²) in [6.07, 6.45) is 3.60. The molecule has 0 unspecified atom stereocenters. The highest BCUT2D eigenvalue weighted by atomic mass is 32.2. The van der Waals surface area contributed by atoms with E-state index in [1.54, 1.807) is 24.3 Å². The van der Waals surface area contributed by atoms with E-state index >= 15 is 0 Å². The van der Waals surface area contributed by atoms with Crippen LogP contribution in [-0.4, -0.2) is 14.2 Å². The first-order valence-electron chi connectivity index (χ1n) is 10.3. The first kappa shape index (κ1) is 19.8. The number of aryl methyl sites for hydroxylation is 2. The van der Waals surface area contributed by atoms with Crippen LogP contribution in [0.5, 0.6) is 0 Å². The molecule has 2 aliphatic rings. The van der Waals surface area contributed by atoms with Crippen molar-refractivity contribution in [3.63, 3.8) is 0 Å². The third-order valence-corrected chi connectivity index (χ3v) is 8.25. The lowest BCUT2D eigenvalue weighted by molar-refractivity contribution is -0.115. The van der Waals surface area contributed by atoms with E-state index < -0.39 is 15.6 Å². The summed E-state index contributed by atoms with van der Waals surface area (Å²) in [4.78, 5) is 12.7. The maximum atomic E-state index is 14.1. The Morgan fingerprint density at radius 1 is 0.871 bits per heavy atom. The second-order valence-corrected chi connectivity index (χ2v) is 10.2. The molecule has 0 bridgehead atoms. The van der Waals surface area contributed by atoms with E-state index in [0.717, 1.165) is 22.3 Å². The Labute approximate surface area is 182 Å². The van der Waals surface area contributed by atoms with Crippen LogP contribution in [0.15, 0.2) is 89.8 Å². The molecule has 0 saturated heterocycles.